The van der Waals surface area contributed by atoms with Gasteiger partial charge in [-0.2, -0.15) is 0 Å². The Balaban J connectivity index is 0.00000256. The smallest absolute Gasteiger partial charge is 0.191 e. The summed E-state index contributed by atoms with van der Waals surface area (Å²) in [5.41, 5.74) is 6.64. The molecule has 6 heteroatoms. The van der Waals surface area contributed by atoms with Crippen LogP contribution in [-0.2, 0) is 30.7 Å². The van der Waals surface area contributed by atoms with Crippen LogP contribution < -0.4 is 15.4 Å². The molecule has 1 heterocycles. The summed E-state index contributed by atoms with van der Waals surface area (Å²) in [5.74, 6) is 1.73. The number of hydrogen-bond acceptors (Lipinski definition) is 3. The Hall–Kier alpha value is -1.80. The zero-order chi connectivity index (χ0) is 20.1. The van der Waals surface area contributed by atoms with E-state index in [2.05, 4.69) is 58.9 Å². The monoisotopic (exact) mass is 521 g/mol. The van der Waals surface area contributed by atoms with Gasteiger partial charge >= 0.3 is 0 Å². The normalized spacial score (nSPS) is 17.9. The van der Waals surface area contributed by atoms with E-state index in [0.717, 1.165) is 36.8 Å². The molecule has 0 aromatic heterocycles. The average molecular weight is 521 g/mol. The fourth-order valence-electron chi connectivity index (χ4n) is 4.02. The number of guanidine groups is 1. The van der Waals surface area contributed by atoms with Gasteiger partial charge in [-0.25, -0.2) is 0 Å². The van der Waals surface area contributed by atoms with Gasteiger partial charge in [0.1, 0.15) is 11.9 Å². The van der Waals surface area contributed by atoms with E-state index >= 15 is 0 Å². The van der Waals surface area contributed by atoms with E-state index < -0.39 is 0 Å². The molecule has 1 saturated heterocycles. The molecular formula is C24H32IN3O2. The van der Waals surface area contributed by atoms with Crippen molar-refractivity contribution < 1.29 is 9.47 Å². The van der Waals surface area contributed by atoms with Gasteiger partial charge in [0.15, 0.2) is 5.96 Å². The zero-order valence-corrected chi connectivity index (χ0v) is 20.2. The lowest BCUT2D eigenvalue weighted by Crippen LogP contribution is -2.36. The second-order valence-electron chi connectivity index (χ2n) is 7.95. The number of aryl methyl sites for hydroxylation is 3. The van der Waals surface area contributed by atoms with Crippen molar-refractivity contribution in [2.75, 3.05) is 20.3 Å². The molecule has 4 rings (SSSR count). The van der Waals surface area contributed by atoms with Crippen LogP contribution >= 0.6 is 24.0 Å². The molecule has 0 amide bonds. The minimum Gasteiger partial charge on any atom is -0.488 e. The molecule has 1 unspecified atom stereocenters. The van der Waals surface area contributed by atoms with Crippen molar-refractivity contribution in [3.05, 3.63) is 64.2 Å². The summed E-state index contributed by atoms with van der Waals surface area (Å²) in [5, 5.41) is 6.85. The molecule has 30 heavy (non-hydrogen) atoms. The maximum atomic E-state index is 6.20. The maximum Gasteiger partial charge on any atom is 0.191 e. The Kier molecular flexibility index (Phi) is 8.39. The lowest BCUT2D eigenvalue weighted by Gasteiger charge is -2.18. The summed E-state index contributed by atoms with van der Waals surface area (Å²) in [6.45, 7) is 4.97. The molecule has 2 N–H and O–H groups in total. The van der Waals surface area contributed by atoms with Crippen molar-refractivity contribution in [2.24, 2.45) is 4.99 Å². The van der Waals surface area contributed by atoms with Gasteiger partial charge in [0.05, 0.1) is 13.2 Å². The second kappa shape index (κ2) is 11.0. The van der Waals surface area contributed by atoms with Crippen LogP contribution in [0.3, 0.4) is 0 Å². The number of rotatable bonds is 6. The van der Waals surface area contributed by atoms with Crippen molar-refractivity contribution in [2.45, 2.75) is 51.8 Å². The number of nitrogens with one attached hydrogen (secondary N) is 2. The highest BCUT2D eigenvalue weighted by Crippen LogP contribution is 2.24. The first-order valence-corrected chi connectivity index (χ1v) is 10.6. The fourth-order valence-corrected chi connectivity index (χ4v) is 4.02. The van der Waals surface area contributed by atoms with Gasteiger partial charge in [0.25, 0.3) is 0 Å². The first kappa shape index (κ1) is 22.9. The van der Waals surface area contributed by atoms with Crippen LogP contribution in [0.5, 0.6) is 5.75 Å². The molecule has 0 spiro atoms. The summed E-state index contributed by atoms with van der Waals surface area (Å²) in [4.78, 5) is 4.37. The van der Waals surface area contributed by atoms with Gasteiger partial charge in [-0.15, -0.1) is 24.0 Å². The van der Waals surface area contributed by atoms with E-state index in [1.807, 2.05) is 0 Å². The lowest BCUT2D eigenvalue weighted by atomic mass is 10.1. The number of hydrogen-bond donors (Lipinski definition) is 2. The molecule has 1 atom stereocenters. The van der Waals surface area contributed by atoms with E-state index in [1.54, 1.807) is 7.05 Å². The van der Waals surface area contributed by atoms with Crippen molar-refractivity contribution >= 4 is 29.9 Å². The predicted octanol–water partition coefficient (Wildman–Crippen LogP) is 4.13. The van der Waals surface area contributed by atoms with Crippen LogP contribution in [0.4, 0.5) is 0 Å². The van der Waals surface area contributed by atoms with Crippen molar-refractivity contribution in [1.82, 2.24) is 10.6 Å². The molecular weight excluding hydrogens is 489 g/mol. The van der Waals surface area contributed by atoms with Gasteiger partial charge in [0.2, 0.25) is 0 Å². The van der Waals surface area contributed by atoms with Crippen LogP contribution in [0.2, 0.25) is 0 Å². The molecule has 5 nitrogen and oxygen atoms in total. The molecule has 2 aromatic carbocycles. The third kappa shape index (κ3) is 5.88. The predicted molar refractivity (Wildman–Crippen MR) is 132 cm³/mol. The largest absolute Gasteiger partial charge is 0.488 e. The summed E-state index contributed by atoms with van der Waals surface area (Å²) < 4.78 is 11.6. The van der Waals surface area contributed by atoms with Gasteiger partial charge in [-0.1, -0.05) is 30.3 Å². The Bertz CT molecular complexity index is 879. The maximum absolute atomic E-state index is 6.20. The van der Waals surface area contributed by atoms with Crippen molar-refractivity contribution in [3.63, 3.8) is 0 Å². The second-order valence-corrected chi connectivity index (χ2v) is 7.95. The quantitative estimate of drug-likeness (QED) is 0.341. The topological polar surface area (TPSA) is 54.9 Å². The number of halogens is 1. The van der Waals surface area contributed by atoms with Crippen molar-refractivity contribution in [3.8, 4) is 5.75 Å². The third-order valence-electron chi connectivity index (χ3n) is 5.70. The number of ether oxygens (including phenoxy) is 2. The van der Waals surface area contributed by atoms with Crippen LogP contribution in [0.25, 0.3) is 0 Å². The standard InChI is InChI=1S/C24H31N3O2.HI/c1-17-6-8-21(23(12-17)29-22-10-11-28-16-22)15-27-24(25-2)26-14-18-7-9-19-4-3-5-20(19)13-18;/h6-9,12-13,22H,3-5,10-11,14-16H2,1-2H3,(H2,25,26,27);1H. The highest BCUT2D eigenvalue weighted by atomic mass is 127. The van der Waals surface area contributed by atoms with Gasteiger partial charge < -0.3 is 20.1 Å². The Labute approximate surface area is 196 Å². The Morgan fingerprint density at radius 3 is 2.73 bits per heavy atom. The lowest BCUT2D eigenvalue weighted by molar-refractivity contribution is 0.140. The summed E-state index contributed by atoms with van der Waals surface area (Å²) in [6.07, 6.45) is 4.81. The van der Waals surface area contributed by atoms with Crippen LogP contribution in [-0.4, -0.2) is 32.3 Å². The van der Waals surface area contributed by atoms with Crippen LogP contribution in [0.1, 0.15) is 40.7 Å². The number of nitrogens with zero attached hydrogens (tertiary/aromatic N) is 1. The third-order valence-corrected chi connectivity index (χ3v) is 5.70. The zero-order valence-electron chi connectivity index (χ0n) is 17.9. The minimum absolute atomic E-state index is 0. The van der Waals surface area contributed by atoms with Gasteiger partial charge in [-0.05, 0) is 54.5 Å². The first-order valence-electron chi connectivity index (χ1n) is 10.6. The van der Waals surface area contributed by atoms with E-state index in [1.165, 1.54) is 41.5 Å². The van der Waals surface area contributed by atoms with E-state index in [-0.39, 0.29) is 30.1 Å². The fraction of sp³-hybridized carbons (Fsp3) is 0.458. The SMILES string of the molecule is CN=C(NCc1ccc2c(c1)CCC2)NCc1ccc(C)cc1OC1CCOC1.I. The molecule has 1 fully saturated rings. The Morgan fingerprint density at radius 1 is 1.10 bits per heavy atom. The van der Waals surface area contributed by atoms with Crippen LogP contribution in [0.15, 0.2) is 41.4 Å². The molecule has 162 valence electrons. The summed E-state index contributed by atoms with van der Waals surface area (Å²) in [6, 6.07) is 13.2. The first-order chi connectivity index (χ1) is 14.2. The highest BCUT2D eigenvalue weighted by Gasteiger charge is 2.19. The van der Waals surface area contributed by atoms with E-state index in [4.69, 9.17) is 9.47 Å². The molecule has 0 radical (unpaired) electrons. The number of aliphatic imine (C=N–C) groups is 1. The molecule has 1 aliphatic carbocycles. The van der Waals surface area contributed by atoms with Crippen molar-refractivity contribution in [1.29, 1.82) is 0 Å². The summed E-state index contributed by atoms with van der Waals surface area (Å²) >= 11 is 0. The van der Waals surface area contributed by atoms with Crippen LogP contribution in [0, 0.1) is 6.92 Å². The molecule has 2 aliphatic rings. The Morgan fingerprint density at radius 2 is 1.93 bits per heavy atom. The number of benzene rings is 2. The highest BCUT2D eigenvalue weighted by molar-refractivity contribution is 14.0. The minimum atomic E-state index is 0. The molecule has 2 aromatic rings. The van der Waals surface area contributed by atoms with Gasteiger partial charge in [0, 0.05) is 32.1 Å². The average Bonchev–Trinajstić information content (AvgIpc) is 3.40. The van der Waals surface area contributed by atoms with E-state index in [9.17, 15) is 0 Å². The number of fused-ring (bicyclic) bond motifs is 1. The summed E-state index contributed by atoms with van der Waals surface area (Å²) in [7, 11) is 1.81. The molecule has 1 aliphatic heterocycles. The molecule has 0 bridgehead atoms. The van der Waals surface area contributed by atoms with Gasteiger partial charge in [-0.3, -0.25) is 4.99 Å². The van der Waals surface area contributed by atoms with E-state index in [0.29, 0.717) is 13.2 Å². The molecule has 0 saturated carbocycles.